The molecule has 1 unspecified atom stereocenters. The molecule has 0 radical (unpaired) electrons. The van der Waals surface area contributed by atoms with Gasteiger partial charge in [0.2, 0.25) is 0 Å². The van der Waals surface area contributed by atoms with E-state index in [4.69, 9.17) is 5.73 Å². The largest absolute Gasteiger partial charge is 0.319 e. The van der Waals surface area contributed by atoms with E-state index in [-0.39, 0.29) is 6.04 Å². The Labute approximate surface area is 97.6 Å². The second kappa shape index (κ2) is 5.26. The summed E-state index contributed by atoms with van der Waals surface area (Å²) in [6.07, 6.45) is 8.29. The van der Waals surface area contributed by atoms with Crippen LogP contribution in [0.5, 0.6) is 0 Å². The molecular formula is C14H20N2. The summed E-state index contributed by atoms with van der Waals surface area (Å²) in [6, 6.07) is 5.79. The maximum absolute atomic E-state index is 6.21. The zero-order valence-corrected chi connectivity index (χ0v) is 9.73. The van der Waals surface area contributed by atoms with Gasteiger partial charge in [0.05, 0.1) is 11.7 Å². The summed E-state index contributed by atoms with van der Waals surface area (Å²) in [6.45, 7) is 4.19. The van der Waals surface area contributed by atoms with Crippen molar-refractivity contribution in [3.63, 3.8) is 0 Å². The van der Waals surface area contributed by atoms with Crippen LogP contribution in [-0.4, -0.2) is 4.98 Å². The summed E-state index contributed by atoms with van der Waals surface area (Å²) in [5.74, 6) is 0.603. The van der Waals surface area contributed by atoms with Crippen LogP contribution in [0.2, 0.25) is 0 Å². The molecule has 1 aliphatic rings. The quantitative estimate of drug-likeness (QED) is 0.788. The van der Waals surface area contributed by atoms with Gasteiger partial charge in [0.1, 0.15) is 0 Å². The number of pyridine rings is 1. The first-order chi connectivity index (χ1) is 7.79. The Hall–Kier alpha value is -1.15. The minimum Gasteiger partial charge on any atom is -0.319 e. The Morgan fingerprint density at radius 2 is 2.06 bits per heavy atom. The molecule has 0 bridgehead atoms. The van der Waals surface area contributed by atoms with E-state index < -0.39 is 0 Å². The van der Waals surface area contributed by atoms with Crippen molar-refractivity contribution >= 4 is 0 Å². The van der Waals surface area contributed by atoms with Gasteiger partial charge in [0, 0.05) is 6.20 Å². The van der Waals surface area contributed by atoms with E-state index in [2.05, 4.69) is 11.6 Å². The lowest BCUT2D eigenvalue weighted by atomic mass is 9.81. The van der Waals surface area contributed by atoms with E-state index in [9.17, 15) is 0 Å². The molecule has 1 aromatic heterocycles. The monoisotopic (exact) mass is 216 g/mol. The third kappa shape index (κ3) is 2.50. The van der Waals surface area contributed by atoms with Crippen LogP contribution in [0, 0.1) is 5.92 Å². The Morgan fingerprint density at radius 1 is 1.31 bits per heavy atom. The second-order valence-corrected chi connectivity index (χ2v) is 4.64. The number of aromatic nitrogens is 1. The first-order valence-electron chi connectivity index (χ1n) is 6.14. The highest BCUT2D eigenvalue weighted by Gasteiger charge is 2.22. The van der Waals surface area contributed by atoms with Crippen LogP contribution in [0.4, 0.5) is 0 Å². The molecule has 0 spiro atoms. The average molecular weight is 216 g/mol. The molecule has 0 saturated heterocycles. The maximum Gasteiger partial charge on any atom is 0.0685 e. The molecule has 1 aromatic rings. The highest BCUT2D eigenvalue weighted by molar-refractivity contribution is 5.21. The van der Waals surface area contributed by atoms with Crippen molar-refractivity contribution in [3.8, 4) is 0 Å². The van der Waals surface area contributed by atoms with Crippen molar-refractivity contribution in [2.75, 3.05) is 0 Å². The third-order valence-corrected chi connectivity index (χ3v) is 3.54. The summed E-state index contributed by atoms with van der Waals surface area (Å²) >= 11 is 0. The van der Waals surface area contributed by atoms with Gasteiger partial charge in [-0.15, -0.1) is 0 Å². The van der Waals surface area contributed by atoms with Crippen LogP contribution < -0.4 is 5.73 Å². The minimum absolute atomic E-state index is 0.0932. The first kappa shape index (κ1) is 11.3. The van der Waals surface area contributed by atoms with Gasteiger partial charge in [-0.25, -0.2) is 0 Å². The molecule has 16 heavy (non-hydrogen) atoms. The summed E-state index contributed by atoms with van der Waals surface area (Å²) in [7, 11) is 0. The predicted octanol–water partition coefficient (Wildman–Crippen LogP) is 3.22. The number of rotatable bonds is 3. The van der Waals surface area contributed by atoms with Crippen LogP contribution >= 0.6 is 0 Å². The maximum atomic E-state index is 6.21. The van der Waals surface area contributed by atoms with E-state index in [1.165, 1.54) is 37.7 Å². The van der Waals surface area contributed by atoms with Crippen molar-refractivity contribution in [3.05, 3.63) is 42.2 Å². The topological polar surface area (TPSA) is 38.9 Å². The fraction of sp³-hybridized carbons (Fsp3) is 0.500. The van der Waals surface area contributed by atoms with Crippen LogP contribution in [0.1, 0.15) is 43.8 Å². The fourth-order valence-electron chi connectivity index (χ4n) is 2.48. The van der Waals surface area contributed by atoms with Crippen LogP contribution in [0.15, 0.2) is 36.5 Å². The number of nitrogens with two attached hydrogens (primary N) is 1. The van der Waals surface area contributed by atoms with Crippen molar-refractivity contribution in [2.45, 2.75) is 38.1 Å². The van der Waals surface area contributed by atoms with Crippen molar-refractivity contribution in [1.29, 1.82) is 0 Å². The fourth-order valence-corrected chi connectivity index (χ4v) is 2.48. The van der Waals surface area contributed by atoms with E-state index in [1.807, 2.05) is 18.2 Å². The van der Waals surface area contributed by atoms with Gasteiger partial charge < -0.3 is 5.73 Å². The standard InChI is InChI=1S/C14H20N2/c1-11(12-7-3-2-4-8-12)14(15)13-9-5-6-10-16-13/h5-6,9-10,12,14H,1-4,7-8,15H2. The highest BCUT2D eigenvalue weighted by atomic mass is 14.8. The lowest BCUT2D eigenvalue weighted by Gasteiger charge is -2.27. The normalized spacial score (nSPS) is 19.3. The van der Waals surface area contributed by atoms with Gasteiger partial charge in [-0.3, -0.25) is 4.98 Å². The minimum atomic E-state index is -0.0932. The molecule has 0 aliphatic heterocycles. The van der Waals surface area contributed by atoms with Gasteiger partial charge >= 0.3 is 0 Å². The Kier molecular flexibility index (Phi) is 3.73. The smallest absolute Gasteiger partial charge is 0.0685 e. The summed E-state index contributed by atoms with van der Waals surface area (Å²) in [4.78, 5) is 4.31. The van der Waals surface area contributed by atoms with Gasteiger partial charge in [-0.2, -0.15) is 0 Å². The van der Waals surface area contributed by atoms with Gasteiger partial charge in [0.15, 0.2) is 0 Å². The zero-order valence-electron chi connectivity index (χ0n) is 9.73. The lowest BCUT2D eigenvalue weighted by molar-refractivity contribution is 0.388. The van der Waals surface area contributed by atoms with Gasteiger partial charge in [-0.05, 0) is 30.9 Å². The SMILES string of the molecule is C=C(C1CCCCC1)C(N)c1ccccn1. The molecule has 1 atom stereocenters. The van der Waals surface area contributed by atoms with Crippen LogP contribution in [-0.2, 0) is 0 Å². The molecule has 1 saturated carbocycles. The molecule has 2 heteroatoms. The molecule has 1 fully saturated rings. The lowest BCUT2D eigenvalue weighted by Crippen LogP contribution is -2.21. The molecular weight excluding hydrogens is 196 g/mol. The summed E-state index contributed by atoms with van der Waals surface area (Å²) in [5.41, 5.74) is 8.32. The molecule has 2 N–H and O–H groups in total. The van der Waals surface area contributed by atoms with Gasteiger partial charge in [0.25, 0.3) is 0 Å². The van der Waals surface area contributed by atoms with E-state index >= 15 is 0 Å². The molecule has 0 amide bonds. The molecule has 2 rings (SSSR count). The Morgan fingerprint density at radius 3 is 2.69 bits per heavy atom. The molecule has 0 aromatic carbocycles. The van der Waals surface area contributed by atoms with Crippen molar-refractivity contribution in [1.82, 2.24) is 4.98 Å². The van der Waals surface area contributed by atoms with Crippen LogP contribution in [0.25, 0.3) is 0 Å². The number of hydrogen-bond acceptors (Lipinski definition) is 2. The molecule has 1 heterocycles. The third-order valence-electron chi connectivity index (χ3n) is 3.54. The molecule has 2 nitrogen and oxygen atoms in total. The van der Waals surface area contributed by atoms with Gasteiger partial charge in [-0.1, -0.05) is 37.5 Å². The average Bonchev–Trinajstić information content (AvgIpc) is 2.39. The molecule has 86 valence electrons. The highest BCUT2D eigenvalue weighted by Crippen LogP contribution is 2.33. The Bertz CT molecular complexity index is 339. The van der Waals surface area contributed by atoms with E-state index in [0.29, 0.717) is 5.92 Å². The zero-order chi connectivity index (χ0) is 11.4. The van der Waals surface area contributed by atoms with Crippen molar-refractivity contribution in [2.24, 2.45) is 11.7 Å². The Balaban J connectivity index is 2.04. The summed E-state index contributed by atoms with van der Waals surface area (Å²) < 4.78 is 0. The van der Waals surface area contributed by atoms with Crippen molar-refractivity contribution < 1.29 is 0 Å². The predicted molar refractivity (Wildman–Crippen MR) is 66.9 cm³/mol. The van der Waals surface area contributed by atoms with Crippen LogP contribution in [0.3, 0.4) is 0 Å². The number of nitrogens with zero attached hydrogens (tertiary/aromatic N) is 1. The van der Waals surface area contributed by atoms with E-state index in [0.717, 1.165) is 5.69 Å². The van der Waals surface area contributed by atoms with E-state index in [1.54, 1.807) is 6.20 Å². The second-order valence-electron chi connectivity index (χ2n) is 4.64. The number of hydrogen-bond donors (Lipinski definition) is 1. The molecule has 1 aliphatic carbocycles. The first-order valence-corrected chi connectivity index (χ1v) is 6.14. The summed E-state index contributed by atoms with van der Waals surface area (Å²) in [5, 5.41) is 0.